The van der Waals surface area contributed by atoms with Gasteiger partial charge in [0.1, 0.15) is 5.82 Å². The van der Waals surface area contributed by atoms with Gasteiger partial charge in [0.2, 0.25) is 0 Å². The summed E-state index contributed by atoms with van der Waals surface area (Å²) in [5, 5.41) is 2.65. The van der Waals surface area contributed by atoms with Crippen molar-refractivity contribution in [3.05, 3.63) is 57.0 Å². The third kappa shape index (κ3) is 7.05. The van der Waals surface area contributed by atoms with Crippen LogP contribution < -0.4 is 5.32 Å². The van der Waals surface area contributed by atoms with Crippen molar-refractivity contribution in [3.8, 4) is 0 Å². The van der Waals surface area contributed by atoms with E-state index < -0.39 is 18.0 Å². The average Bonchev–Trinajstić information content (AvgIpc) is 2.99. The van der Waals surface area contributed by atoms with Crippen LogP contribution in [0.5, 0.6) is 0 Å². The lowest BCUT2D eigenvalue weighted by Crippen LogP contribution is -2.35. The summed E-state index contributed by atoms with van der Waals surface area (Å²) in [5.74, 6) is -0.354. The van der Waals surface area contributed by atoms with Crippen LogP contribution >= 0.6 is 34.7 Å². The topological polar surface area (TPSA) is 55.4 Å². The molecule has 2 rings (SSSR count). The van der Waals surface area contributed by atoms with Crippen LogP contribution in [0, 0.1) is 5.82 Å². The van der Waals surface area contributed by atoms with E-state index in [1.54, 1.807) is 12.1 Å². The molecular weight excluding hydrogens is 385 g/mol. The molecule has 0 saturated heterocycles. The Morgan fingerprint density at radius 1 is 1.28 bits per heavy atom. The molecule has 0 aliphatic rings. The number of hydrogen-bond acceptors (Lipinski definition) is 5. The van der Waals surface area contributed by atoms with E-state index in [9.17, 15) is 14.0 Å². The maximum Gasteiger partial charge on any atom is 0.316 e. The van der Waals surface area contributed by atoms with Gasteiger partial charge in [0.05, 0.1) is 10.1 Å². The first-order chi connectivity index (χ1) is 11.9. The molecule has 2 aromatic rings. The monoisotopic (exact) mass is 401 g/mol. The van der Waals surface area contributed by atoms with E-state index in [1.165, 1.54) is 42.2 Å². The zero-order chi connectivity index (χ0) is 18.2. The highest BCUT2D eigenvalue weighted by atomic mass is 35.5. The molecule has 1 atom stereocenters. The largest absolute Gasteiger partial charge is 0.452 e. The minimum atomic E-state index is -0.885. The molecule has 0 saturated carbocycles. The minimum absolute atomic E-state index is 0.158. The Labute approximate surface area is 158 Å². The van der Waals surface area contributed by atoms with E-state index in [0.29, 0.717) is 10.1 Å². The molecule has 0 aliphatic heterocycles. The molecule has 1 aromatic carbocycles. The van der Waals surface area contributed by atoms with Gasteiger partial charge in [-0.1, -0.05) is 23.7 Å². The number of thiophene rings is 1. The molecule has 1 N–H and O–H groups in total. The van der Waals surface area contributed by atoms with Gasteiger partial charge in [-0.15, -0.1) is 23.1 Å². The number of hydrogen-bond donors (Lipinski definition) is 1. The summed E-state index contributed by atoms with van der Waals surface area (Å²) in [7, 11) is 0. The lowest BCUT2D eigenvalue weighted by molar-refractivity contribution is -0.152. The number of ether oxygens (including phenoxy) is 1. The molecule has 0 spiro atoms. The van der Waals surface area contributed by atoms with Crippen LogP contribution in [0.4, 0.5) is 4.39 Å². The van der Waals surface area contributed by atoms with Gasteiger partial charge in [0.15, 0.2) is 6.10 Å². The molecule has 8 heteroatoms. The molecule has 134 valence electrons. The van der Waals surface area contributed by atoms with Crippen LogP contribution in [0.25, 0.3) is 0 Å². The first-order valence-corrected chi connectivity index (χ1v) is 9.82. The zero-order valence-electron chi connectivity index (χ0n) is 13.5. The van der Waals surface area contributed by atoms with Crippen LogP contribution in [-0.4, -0.2) is 23.7 Å². The fourth-order valence-corrected chi connectivity index (χ4v) is 3.89. The van der Waals surface area contributed by atoms with E-state index >= 15 is 0 Å². The normalized spacial score (nSPS) is 11.8. The number of rotatable bonds is 8. The summed E-state index contributed by atoms with van der Waals surface area (Å²) >= 11 is 8.71. The van der Waals surface area contributed by atoms with Gasteiger partial charge in [-0.05, 0) is 36.8 Å². The Kier molecular flexibility index (Phi) is 7.74. The smallest absolute Gasteiger partial charge is 0.316 e. The number of esters is 1. The quantitative estimate of drug-likeness (QED) is 0.679. The van der Waals surface area contributed by atoms with Gasteiger partial charge in [-0.25, -0.2) is 4.39 Å². The van der Waals surface area contributed by atoms with Crippen LogP contribution in [0.1, 0.15) is 17.4 Å². The van der Waals surface area contributed by atoms with E-state index in [1.807, 2.05) is 12.1 Å². The summed E-state index contributed by atoms with van der Waals surface area (Å²) in [6, 6.07) is 9.54. The third-order valence-electron chi connectivity index (χ3n) is 3.15. The van der Waals surface area contributed by atoms with Gasteiger partial charge < -0.3 is 10.1 Å². The summed E-state index contributed by atoms with van der Waals surface area (Å²) in [6.45, 7) is 1.76. The van der Waals surface area contributed by atoms with Gasteiger partial charge in [0.25, 0.3) is 5.91 Å². The molecule has 25 heavy (non-hydrogen) atoms. The molecule has 0 aliphatic carbocycles. The van der Waals surface area contributed by atoms with Crippen molar-refractivity contribution in [2.24, 2.45) is 0 Å². The molecule has 0 radical (unpaired) electrons. The number of nitrogens with one attached hydrogen (secondary N) is 1. The number of benzene rings is 1. The maximum absolute atomic E-state index is 12.8. The van der Waals surface area contributed by atoms with Crippen molar-refractivity contribution in [2.45, 2.75) is 25.3 Å². The highest BCUT2D eigenvalue weighted by Crippen LogP contribution is 2.25. The average molecular weight is 402 g/mol. The highest BCUT2D eigenvalue weighted by molar-refractivity contribution is 7.99. The predicted octanol–water partition coefficient (Wildman–Crippen LogP) is 4.02. The van der Waals surface area contributed by atoms with Crippen molar-refractivity contribution in [2.75, 3.05) is 5.75 Å². The van der Waals surface area contributed by atoms with Gasteiger partial charge in [-0.2, -0.15) is 0 Å². The standard InChI is InChI=1S/C17H17ClFNO3S2/c1-11(17(22)20-8-12-2-4-13(19)5-3-12)23-16(21)10-24-9-14-6-7-15(18)25-14/h2-7,11H,8-10H2,1H3,(H,20,22)/t11-/m0/s1. The van der Waals surface area contributed by atoms with Crippen molar-refractivity contribution < 1.29 is 18.7 Å². The number of halogens is 2. The molecule has 1 aromatic heterocycles. The lowest BCUT2D eigenvalue weighted by atomic mass is 10.2. The predicted molar refractivity (Wildman–Crippen MR) is 99.3 cm³/mol. The van der Waals surface area contributed by atoms with Gasteiger partial charge >= 0.3 is 5.97 Å². The Morgan fingerprint density at radius 2 is 2.00 bits per heavy atom. The second-order valence-electron chi connectivity index (χ2n) is 5.17. The molecule has 1 amide bonds. The third-order valence-corrected chi connectivity index (χ3v) is 5.52. The van der Waals surface area contributed by atoms with Gasteiger partial charge in [-0.3, -0.25) is 9.59 Å². The number of carbonyl (C=O) groups is 2. The Morgan fingerprint density at radius 3 is 2.64 bits per heavy atom. The second-order valence-corrected chi connectivity index (χ2v) is 7.96. The molecule has 0 unspecified atom stereocenters. The Balaban J connectivity index is 1.66. The van der Waals surface area contributed by atoms with Crippen LogP contribution in [-0.2, 0) is 26.6 Å². The number of carbonyl (C=O) groups excluding carboxylic acids is 2. The van der Waals surface area contributed by atoms with Crippen LogP contribution in [0.2, 0.25) is 4.34 Å². The van der Waals surface area contributed by atoms with Crippen molar-refractivity contribution >= 4 is 46.6 Å². The summed E-state index contributed by atoms with van der Waals surface area (Å²) in [4.78, 5) is 24.8. The molecule has 4 nitrogen and oxygen atoms in total. The Bertz CT molecular complexity index is 721. The van der Waals surface area contributed by atoms with Crippen molar-refractivity contribution in [1.82, 2.24) is 5.32 Å². The van der Waals surface area contributed by atoms with E-state index in [0.717, 1.165) is 10.4 Å². The first-order valence-electron chi connectivity index (χ1n) is 7.47. The zero-order valence-corrected chi connectivity index (χ0v) is 15.8. The molecule has 1 heterocycles. The number of amides is 1. The first kappa shape index (κ1) is 19.8. The number of thioether (sulfide) groups is 1. The molecule has 0 fully saturated rings. The van der Waals surface area contributed by atoms with Crippen molar-refractivity contribution in [3.63, 3.8) is 0 Å². The van der Waals surface area contributed by atoms with E-state index in [-0.39, 0.29) is 18.1 Å². The van der Waals surface area contributed by atoms with Crippen LogP contribution in [0.3, 0.4) is 0 Å². The van der Waals surface area contributed by atoms with Crippen LogP contribution in [0.15, 0.2) is 36.4 Å². The SMILES string of the molecule is C[C@H](OC(=O)CSCc1ccc(Cl)s1)C(=O)NCc1ccc(F)cc1. The fourth-order valence-electron chi connectivity index (χ4n) is 1.88. The highest BCUT2D eigenvalue weighted by Gasteiger charge is 2.17. The molecule has 0 bridgehead atoms. The van der Waals surface area contributed by atoms with E-state index in [4.69, 9.17) is 16.3 Å². The fraction of sp³-hybridized carbons (Fsp3) is 0.294. The maximum atomic E-state index is 12.8. The minimum Gasteiger partial charge on any atom is -0.452 e. The second kappa shape index (κ2) is 9.79. The summed E-state index contributed by atoms with van der Waals surface area (Å²) in [5.41, 5.74) is 0.762. The van der Waals surface area contributed by atoms with Crippen molar-refractivity contribution in [1.29, 1.82) is 0 Å². The lowest BCUT2D eigenvalue weighted by Gasteiger charge is -2.13. The van der Waals surface area contributed by atoms with E-state index in [2.05, 4.69) is 5.32 Å². The summed E-state index contributed by atoms with van der Waals surface area (Å²) < 4.78 is 18.6. The Hall–Kier alpha value is -1.57. The molecular formula is C17H17ClFNO3S2. The van der Waals surface area contributed by atoms with Gasteiger partial charge in [0, 0.05) is 17.2 Å². The summed E-state index contributed by atoms with van der Waals surface area (Å²) in [6.07, 6.45) is -0.885.